The van der Waals surface area contributed by atoms with Crippen molar-refractivity contribution in [1.82, 2.24) is 0 Å². The highest BCUT2D eigenvalue weighted by Gasteiger charge is 2.14. The first kappa shape index (κ1) is 15.6. The van der Waals surface area contributed by atoms with Crippen LogP contribution in [-0.2, 0) is 23.8 Å². The third kappa shape index (κ3) is 8.41. The number of esters is 2. The molecule has 0 amide bonds. The summed E-state index contributed by atoms with van der Waals surface area (Å²) < 4.78 is 14.1. The van der Waals surface area contributed by atoms with E-state index in [2.05, 4.69) is 11.3 Å². The fraction of sp³-hybridized carbons (Fsp3) is 0.636. The third-order valence-corrected chi connectivity index (χ3v) is 1.65. The van der Waals surface area contributed by atoms with Gasteiger partial charge in [-0.1, -0.05) is 6.58 Å². The van der Waals surface area contributed by atoms with Gasteiger partial charge in [-0.25, -0.2) is 4.79 Å². The molecule has 1 unspecified atom stereocenters. The zero-order chi connectivity index (χ0) is 13.3. The molecule has 17 heavy (non-hydrogen) atoms. The summed E-state index contributed by atoms with van der Waals surface area (Å²) in [5.74, 6) is -1.28. The second-order valence-electron chi connectivity index (χ2n) is 3.44. The average Bonchev–Trinajstić information content (AvgIpc) is 2.26. The molecule has 0 aromatic heterocycles. The summed E-state index contributed by atoms with van der Waals surface area (Å²) in [5, 5.41) is 8.88. The summed E-state index contributed by atoms with van der Waals surface area (Å²) in [7, 11) is 1.48. The molecular formula is C11H18O6. The normalized spacial score (nSPS) is 11.7. The fourth-order valence-corrected chi connectivity index (χ4v) is 0.831. The maximum atomic E-state index is 11.3. The Morgan fingerprint density at radius 2 is 1.94 bits per heavy atom. The molecule has 0 bridgehead atoms. The Bertz CT molecular complexity index is 271. The summed E-state index contributed by atoms with van der Waals surface area (Å²) in [5.41, 5.74) is 0.0108. The lowest BCUT2D eigenvalue weighted by Gasteiger charge is -2.08. The standard InChI is InChI=1S/C11H18O6/c1-8(11(14)16-5-4-15-3)6-10(13)17-7-9(2)12/h9,12H,1,4-7H2,2-3H3. The zero-order valence-electron chi connectivity index (χ0n) is 10.1. The maximum Gasteiger partial charge on any atom is 0.334 e. The van der Waals surface area contributed by atoms with Gasteiger partial charge in [-0.15, -0.1) is 0 Å². The van der Waals surface area contributed by atoms with Gasteiger partial charge in [0.25, 0.3) is 0 Å². The van der Waals surface area contributed by atoms with E-state index in [-0.39, 0.29) is 31.8 Å². The zero-order valence-corrected chi connectivity index (χ0v) is 10.1. The van der Waals surface area contributed by atoms with Gasteiger partial charge in [0.2, 0.25) is 0 Å². The van der Waals surface area contributed by atoms with Crippen LogP contribution < -0.4 is 0 Å². The van der Waals surface area contributed by atoms with E-state index in [1.807, 2.05) is 0 Å². The van der Waals surface area contributed by atoms with Gasteiger partial charge in [-0.2, -0.15) is 0 Å². The number of aliphatic hydroxyl groups excluding tert-OH is 1. The molecule has 1 N–H and O–H groups in total. The molecule has 0 aromatic rings. The van der Waals surface area contributed by atoms with Crippen molar-refractivity contribution in [1.29, 1.82) is 0 Å². The first-order valence-corrected chi connectivity index (χ1v) is 5.15. The Morgan fingerprint density at radius 3 is 2.47 bits per heavy atom. The number of hydrogen-bond donors (Lipinski definition) is 1. The summed E-state index contributed by atoms with van der Waals surface area (Å²) in [4.78, 5) is 22.4. The Hall–Kier alpha value is -1.40. The molecule has 0 fully saturated rings. The number of carbonyl (C=O) groups is 2. The van der Waals surface area contributed by atoms with Crippen LogP contribution in [0.2, 0.25) is 0 Å². The quantitative estimate of drug-likeness (QED) is 0.370. The highest BCUT2D eigenvalue weighted by atomic mass is 16.6. The first-order chi connectivity index (χ1) is 7.97. The van der Waals surface area contributed by atoms with Crippen molar-refractivity contribution in [2.75, 3.05) is 26.9 Å². The van der Waals surface area contributed by atoms with Crippen LogP contribution in [0.5, 0.6) is 0 Å². The van der Waals surface area contributed by atoms with Crippen LogP contribution >= 0.6 is 0 Å². The maximum absolute atomic E-state index is 11.3. The number of hydrogen-bond acceptors (Lipinski definition) is 6. The number of ether oxygens (including phenoxy) is 3. The minimum Gasteiger partial charge on any atom is -0.463 e. The molecular weight excluding hydrogens is 228 g/mol. The minimum atomic E-state index is -0.735. The third-order valence-electron chi connectivity index (χ3n) is 1.65. The predicted octanol–water partition coefficient (Wildman–Crippen LogP) is 0.0463. The molecule has 6 nitrogen and oxygen atoms in total. The lowest BCUT2D eigenvalue weighted by atomic mass is 10.2. The van der Waals surface area contributed by atoms with Crippen LogP contribution in [0, 0.1) is 0 Å². The number of carbonyl (C=O) groups excluding carboxylic acids is 2. The largest absolute Gasteiger partial charge is 0.463 e. The Morgan fingerprint density at radius 1 is 1.29 bits per heavy atom. The molecule has 0 aliphatic heterocycles. The molecule has 0 aromatic carbocycles. The van der Waals surface area contributed by atoms with Gasteiger partial charge in [-0.05, 0) is 6.92 Å². The molecule has 0 saturated heterocycles. The Labute approximate surface area is 100 Å². The van der Waals surface area contributed by atoms with E-state index in [9.17, 15) is 9.59 Å². The molecule has 1 atom stereocenters. The van der Waals surface area contributed by atoms with Crippen LogP contribution in [0.1, 0.15) is 13.3 Å². The van der Waals surface area contributed by atoms with Crippen molar-refractivity contribution >= 4 is 11.9 Å². The van der Waals surface area contributed by atoms with Gasteiger partial charge in [0.05, 0.1) is 19.1 Å². The molecule has 0 heterocycles. The number of methoxy groups -OCH3 is 1. The summed E-state index contributed by atoms with van der Waals surface area (Å²) >= 11 is 0. The van der Waals surface area contributed by atoms with Crippen LogP contribution in [-0.4, -0.2) is 50.1 Å². The highest BCUT2D eigenvalue weighted by Crippen LogP contribution is 2.03. The molecule has 0 rings (SSSR count). The van der Waals surface area contributed by atoms with Crippen LogP contribution in [0.4, 0.5) is 0 Å². The predicted molar refractivity (Wildman–Crippen MR) is 59.2 cm³/mol. The lowest BCUT2D eigenvalue weighted by Crippen LogP contribution is -2.18. The van der Waals surface area contributed by atoms with E-state index < -0.39 is 18.0 Å². The fourth-order valence-electron chi connectivity index (χ4n) is 0.831. The molecule has 0 aliphatic carbocycles. The van der Waals surface area contributed by atoms with Crippen molar-refractivity contribution < 1.29 is 28.9 Å². The van der Waals surface area contributed by atoms with E-state index in [0.717, 1.165) is 0 Å². The van der Waals surface area contributed by atoms with Crippen LogP contribution in [0.3, 0.4) is 0 Å². The Kier molecular flexibility index (Phi) is 8.00. The van der Waals surface area contributed by atoms with Gasteiger partial charge in [0.1, 0.15) is 13.2 Å². The second-order valence-corrected chi connectivity index (χ2v) is 3.44. The van der Waals surface area contributed by atoms with Gasteiger partial charge in [0, 0.05) is 12.7 Å². The van der Waals surface area contributed by atoms with Crippen LogP contribution in [0.15, 0.2) is 12.2 Å². The van der Waals surface area contributed by atoms with Gasteiger partial charge < -0.3 is 19.3 Å². The van der Waals surface area contributed by atoms with E-state index in [1.165, 1.54) is 14.0 Å². The number of aliphatic hydroxyl groups is 1. The molecule has 0 aliphatic rings. The van der Waals surface area contributed by atoms with Crippen molar-refractivity contribution in [2.45, 2.75) is 19.4 Å². The topological polar surface area (TPSA) is 82.1 Å². The molecule has 6 heteroatoms. The second kappa shape index (κ2) is 8.72. The SMILES string of the molecule is C=C(CC(=O)OCC(C)O)C(=O)OCCOC. The van der Waals surface area contributed by atoms with Gasteiger partial charge in [-0.3, -0.25) is 4.79 Å². The summed E-state index contributed by atoms with van der Waals surface area (Å²) in [6, 6.07) is 0. The van der Waals surface area contributed by atoms with E-state index in [0.29, 0.717) is 0 Å². The van der Waals surface area contributed by atoms with Crippen molar-refractivity contribution in [3.05, 3.63) is 12.2 Å². The molecule has 0 saturated carbocycles. The highest BCUT2D eigenvalue weighted by molar-refractivity contribution is 5.93. The van der Waals surface area contributed by atoms with Crippen molar-refractivity contribution in [3.8, 4) is 0 Å². The molecule has 98 valence electrons. The van der Waals surface area contributed by atoms with Gasteiger partial charge >= 0.3 is 11.9 Å². The van der Waals surface area contributed by atoms with E-state index in [4.69, 9.17) is 14.6 Å². The van der Waals surface area contributed by atoms with Crippen molar-refractivity contribution in [3.63, 3.8) is 0 Å². The van der Waals surface area contributed by atoms with Crippen LogP contribution in [0.25, 0.3) is 0 Å². The summed E-state index contributed by atoms with van der Waals surface area (Å²) in [6.45, 7) is 5.19. The summed E-state index contributed by atoms with van der Waals surface area (Å²) in [6.07, 6.45) is -0.987. The van der Waals surface area contributed by atoms with Crippen molar-refractivity contribution in [2.24, 2.45) is 0 Å². The smallest absolute Gasteiger partial charge is 0.334 e. The van der Waals surface area contributed by atoms with E-state index >= 15 is 0 Å². The molecule has 0 spiro atoms. The average molecular weight is 246 g/mol. The van der Waals surface area contributed by atoms with E-state index in [1.54, 1.807) is 0 Å². The lowest BCUT2D eigenvalue weighted by molar-refractivity contribution is -0.148. The Balaban J connectivity index is 3.83. The van der Waals surface area contributed by atoms with Gasteiger partial charge in [0.15, 0.2) is 0 Å². The minimum absolute atomic E-state index is 0.0108. The first-order valence-electron chi connectivity index (χ1n) is 5.15. The molecule has 0 radical (unpaired) electrons. The number of rotatable bonds is 8. The monoisotopic (exact) mass is 246 g/mol.